The lowest BCUT2D eigenvalue weighted by molar-refractivity contribution is 0.660. The highest BCUT2D eigenvalue weighted by Gasteiger charge is 2.36. The highest BCUT2D eigenvalue weighted by atomic mass is 32.1. The molecule has 1 aliphatic carbocycles. The molecule has 0 aliphatic heterocycles. The van der Waals surface area contributed by atoms with Crippen LogP contribution in [0.15, 0.2) is 182 Å². The first-order valence-electron chi connectivity index (χ1n) is 18.8. The molecule has 10 rings (SSSR count). The van der Waals surface area contributed by atoms with Gasteiger partial charge in [-0.25, -0.2) is 0 Å². The van der Waals surface area contributed by atoms with E-state index < -0.39 is 0 Å². The third-order valence-electron chi connectivity index (χ3n) is 11.4. The summed E-state index contributed by atoms with van der Waals surface area (Å²) in [6.45, 7) is 7.02. The molecular weight excluding hydrogens is 671 g/mol. The minimum absolute atomic E-state index is 0.115. The summed E-state index contributed by atoms with van der Waals surface area (Å²) >= 11 is 1.87. The van der Waals surface area contributed by atoms with Crippen LogP contribution < -0.4 is 4.90 Å². The van der Waals surface area contributed by atoms with Gasteiger partial charge in [0.15, 0.2) is 0 Å². The van der Waals surface area contributed by atoms with Crippen LogP contribution in [0, 0.1) is 6.92 Å². The van der Waals surface area contributed by atoms with Crippen LogP contribution in [0.25, 0.3) is 64.7 Å². The number of benzene rings is 8. The average Bonchev–Trinajstić information content (AvgIpc) is 3.70. The summed E-state index contributed by atoms with van der Waals surface area (Å²) in [5.74, 6) is 0. The lowest BCUT2D eigenvalue weighted by Gasteiger charge is -2.31. The zero-order valence-corrected chi connectivity index (χ0v) is 31.5. The number of hydrogen-bond donors (Lipinski definition) is 0. The Hall–Kier alpha value is -6.22. The molecular formula is C52H39NS. The third-order valence-corrected chi connectivity index (χ3v) is 12.5. The molecule has 0 fully saturated rings. The number of fused-ring (bicyclic) bond motifs is 6. The highest BCUT2D eigenvalue weighted by Crippen LogP contribution is 2.52. The molecule has 0 N–H and O–H groups in total. The molecule has 0 amide bonds. The predicted octanol–water partition coefficient (Wildman–Crippen LogP) is 15.1. The van der Waals surface area contributed by atoms with E-state index in [1.54, 1.807) is 0 Å². The number of nitrogens with zero attached hydrogens (tertiary/aromatic N) is 1. The Morgan fingerprint density at radius 2 is 0.981 bits per heavy atom. The number of thiophene rings is 1. The Balaban J connectivity index is 1.20. The zero-order chi connectivity index (χ0) is 36.4. The highest BCUT2D eigenvalue weighted by molar-refractivity contribution is 7.25. The van der Waals surface area contributed by atoms with Crippen LogP contribution in [-0.2, 0) is 5.41 Å². The van der Waals surface area contributed by atoms with Crippen LogP contribution >= 0.6 is 11.3 Å². The first-order chi connectivity index (χ1) is 26.4. The van der Waals surface area contributed by atoms with E-state index in [2.05, 4.69) is 208 Å². The number of rotatable bonds is 6. The lowest BCUT2D eigenvalue weighted by Crippen LogP contribution is -2.17. The van der Waals surface area contributed by atoms with E-state index in [-0.39, 0.29) is 5.41 Å². The molecule has 0 radical (unpaired) electrons. The van der Waals surface area contributed by atoms with Gasteiger partial charge in [-0.1, -0.05) is 153 Å². The van der Waals surface area contributed by atoms with Gasteiger partial charge in [-0.15, -0.1) is 11.3 Å². The van der Waals surface area contributed by atoms with Crippen LogP contribution in [-0.4, -0.2) is 0 Å². The summed E-state index contributed by atoms with van der Waals surface area (Å²) in [5.41, 5.74) is 17.3. The van der Waals surface area contributed by atoms with Crippen LogP contribution in [0.5, 0.6) is 0 Å². The van der Waals surface area contributed by atoms with E-state index in [9.17, 15) is 0 Å². The van der Waals surface area contributed by atoms with E-state index in [0.717, 1.165) is 11.4 Å². The van der Waals surface area contributed by atoms with Gasteiger partial charge in [0, 0.05) is 42.5 Å². The van der Waals surface area contributed by atoms with Crippen molar-refractivity contribution in [2.24, 2.45) is 0 Å². The van der Waals surface area contributed by atoms with Crippen molar-refractivity contribution >= 4 is 48.6 Å². The molecule has 0 bridgehead atoms. The Labute approximate surface area is 321 Å². The summed E-state index contributed by atoms with van der Waals surface area (Å²) in [4.78, 5) is 2.52. The summed E-state index contributed by atoms with van der Waals surface area (Å²) in [7, 11) is 0. The summed E-state index contributed by atoms with van der Waals surface area (Å²) < 4.78 is 2.61. The van der Waals surface area contributed by atoms with Crippen molar-refractivity contribution in [1.82, 2.24) is 0 Å². The van der Waals surface area contributed by atoms with Crippen molar-refractivity contribution in [1.29, 1.82) is 0 Å². The molecule has 1 aromatic heterocycles. The van der Waals surface area contributed by atoms with Crippen LogP contribution in [0.3, 0.4) is 0 Å². The lowest BCUT2D eigenvalue weighted by atomic mass is 9.82. The maximum atomic E-state index is 2.52. The molecule has 258 valence electrons. The van der Waals surface area contributed by atoms with Gasteiger partial charge in [-0.3, -0.25) is 0 Å². The second kappa shape index (κ2) is 12.7. The average molecular weight is 710 g/mol. The van der Waals surface area contributed by atoms with Gasteiger partial charge < -0.3 is 4.90 Å². The molecule has 0 saturated carbocycles. The standard InChI is InChI=1S/C52H39NS/c1-34-30-39(37-24-22-36(23-25-37)35-14-6-4-7-15-35)31-46(38-16-8-5-9-17-38)51(34)53(41-27-29-45-44-19-11-13-21-49(44)54-50(45)33-41)40-26-28-43-42-18-10-12-20-47(42)52(2,3)48(43)32-40/h4-33H,1-3H3. The Morgan fingerprint density at radius 1 is 0.407 bits per heavy atom. The number of anilines is 3. The summed E-state index contributed by atoms with van der Waals surface area (Å²) in [6.07, 6.45) is 0. The fourth-order valence-corrected chi connectivity index (χ4v) is 9.80. The largest absolute Gasteiger partial charge is 0.310 e. The molecule has 1 heterocycles. The van der Waals surface area contributed by atoms with Crippen LogP contribution in [0.4, 0.5) is 17.1 Å². The van der Waals surface area contributed by atoms with E-state index in [1.165, 1.54) is 87.1 Å². The molecule has 8 aromatic carbocycles. The summed E-state index contributed by atoms with van der Waals surface area (Å²) in [5, 5.41) is 2.62. The minimum atomic E-state index is -0.115. The van der Waals surface area contributed by atoms with Crippen molar-refractivity contribution < 1.29 is 0 Å². The van der Waals surface area contributed by atoms with Crippen molar-refractivity contribution in [3.05, 3.63) is 199 Å². The fourth-order valence-electron chi connectivity index (χ4n) is 8.66. The predicted molar refractivity (Wildman–Crippen MR) is 233 cm³/mol. The molecule has 9 aromatic rings. The second-order valence-electron chi connectivity index (χ2n) is 15.0. The van der Waals surface area contributed by atoms with Crippen molar-refractivity contribution in [3.63, 3.8) is 0 Å². The Kier molecular flexibility index (Phi) is 7.64. The maximum Gasteiger partial charge on any atom is 0.0569 e. The smallest absolute Gasteiger partial charge is 0.0569 e. The molecule has 0 saturated heterocycles. The van der Waals surface area contributed by atoms with Gasteiger partial charge >= 0.3 is 0 Å². The third kappa shape index (κ3) is 5.29. The molecule has 1 aliphatic rings. The van der Waals surface area contributed by atoms with Crippen LogP contribution in [0.1, 0.15) is 30.5 Å². The van der Waals surface area contributed by atoms with E-state index >= 15 is 0 Å². The minimum Gasteiger partial charge on any atom is -0.310 e. The topological polar surface area (TPSA) is 3.24 Å². The van der Waals surface area contributed by atoms with Gasteiger partial charge in [0.2, 0.25) is 0 Å². The molecule has 1 nitrogen and oxygen atoms in total. The fraction of sp³-hybridized carbons (Fsp3) is 0.0769. The quantitative estimate of drug-likeness (QED) is 0.166. The Bertz CT molecular complexity index is 2850. The monoisotopic (exact) mass is 709 g/mol. The molecule has 2 heteroatoms. The van der Waals surface area contributed by atoms with Crippen LogP contribution in [0.2, 0.25) is 0 Å². The SMILES string of the molecule is Cc1cc(-c2ccc(-c3ccccc3)cc2)cc(-c2ccccc2)c1N(c1ccc2c(c1)C(C)(C)c1ccccc1-2)c1ccc2c(c1)sc1ccccc12. The van der Waals surface area contributed by atoms with Crippen molar-refractivity contribution in [2.75, 3.05) is 4.90 Å². The number of aryl methyl sites for hydroxylation is 1. The van der Waals surface area contributed by atoms with E-state index in [0.29, 0.717) is 0 Å². The van der Waals surface area contributed by atoms with E-state index in [1.807, 2.05) is 11.3 Å². The van der Waals surface area contributed by atoms with Gasteiger partial charge in [0.05, 0.1) is 5.69 Å². The van der Waals surface area contributed by atoms with Gasteiger partial charge in [-0.05, 0) is 105 Å². The first kappa shape index (κ1) is 32.4. The molecule has 0 atom stereocenters. The Morgan fingerprint density at radius 3 is 1.76 bits per heavy atom. The van der Waals surface area contributed by atoms with Crippen molar-refractivity contribution in [3.8, 4) is 44.5 Å². The number of hydrogen-bond acceptors (Lipinski definition) is 2. The van der Waals surface area contributed by atoms with Gasteiger partial charge in [0.25, 0.3) is 0 Å². The summed E-state index contributed by atoms with van der Waals surface area (Å²) in [6, 6.07) is 67.1. The zero-order valence-electron chi connectivity index (χ0n) is 30.7. The molecule has 0 unspecified atom stereocenters. The maximum absolute atomic E-state index is 2.52. The molecule has 54 heavy (non-hydrogen) atoms. The normalized spacial score (nSPS) is 12.9. The first-order valence-corrected chi connectivity index (χ1v) is 19.6. The van der Waals surface area contributed by atoms with Gasteiger partial charge in [0.1, 0.15) is 0 Å². The second-order valence-corrected chi connectivity index (χ2v) is 16.1. The van der Waals surface area contributed by atoms with E-state index in [4.69, 9.17) is 0 Å². The molecule has 0 spiro atoms. The van der Waals surface area contributed by atoms with Gasteiger partial charge in [-0.2, -0.15) is 0 Å². The van der Waals surface area contributed by atoms with Crippen molar-refractivity contribution in [2.45, 2.75) is 26.2 Å².